The highest BCUT2D eigenvalue weighted by atomic mass is 32.2. The highest BCUT2D eigenvalue weighted by molar-refractivity contribution is 8.04. The smallest absolute Gasteiger partial charge is 0.185 e. The van der Waals surface area contributed by atoms with Gasteiger partial charge in [0.05, 0.1) is 4.91 Å². The van der Waals surface area contributed by atoms with Gasteiger partial charge in [-0.15, -0.1) is 10.2 Å². The van der Waals surface area contributed by atoms with E-state index >= 15 is 0 Å². The van der Waals surface area contributed by atoms with E-state index in [2.05, 4.69) is 15.3 Å². The highest BCUT2D eigenvalue weighted by Gasteiger charge is 2.14. The first kappa shape index (κ1) is 16.2. The standard InChI is InChI=1S/C17H16N4O2S/c1-10-4-6-13(7-5-10)17-19-18-14-8-9-15(20-21(14)17)24-16(11(2)22)12(3)23/h4-9,22H,1-3H3/b16-11+. The summed E-state index contributed by atoms with van der Waals surface area (Å²) in [6, 6.07) is 11.5. The molecule has 3 aromatic rings. The number of thioether (sulfide) groups is 1. The summed E-state index contributed by atoms with van der Waals surface area (Å²) in [4.78, 5) is 11.9. The van der Waals surface area contributed by atoms with Crippen molar-refractivity contribution < 1.29 is 9.90 Å². The number of aryl methyl sites for hydroxylation is 1. The molecule has 1 aromatic carbocycles. The Labute approximate surface area is 143 Å². The van der Waals surface area contributed by atoms with Crippen molar-refractivity contribution in [2.75, 3.05) is 0 Å². The number of nitrogens with zero attached hydrogens (tertiary/aromatic N) is 4. The zero-order chi connectivity index (χ0) is 17.3. The summed E-state index contributed by atoms with van der Waals surface area (Å²) in [5.74, 6) is 0.405. The van der Waals surface area contributed by atoms with Crippen LogP contribution in [0.1, 0.15) is 19.4 Å². The van der Waals surface area contributed by atoms with Gasteiger partial charge in [0.15, 0.2) is 17.3 Å². The number of benzene rings is 1. The molecule has 6 nitrogen and oxygen atoms in total. The quantitative estimate of drug-likeness (QED) is 0.444. The van der Waals surface area contributed by atoms with E-state index in [1.54, 1.807) is 16.6 Å². The van der Waals surface area contributed by atoms with Gasteiger partial charge in [-0.25, -0.2) is 0 Å². The summed E-state index contributed by atoms with van der Waals surface area (Å²) < 4.78 is 1.64. The summed E-state index contributed by atoms with van der Waals surface area (Å²) in [5, 5.41) is 23.0. The number of aliphatic hydroxyl groups is 1. The first-order valence-electron chi connectivity index (χ1n) is 7.34. The summed E-state index contributed by atoms with van der Waals surface area (Å²) in [6.07, 6.45) is 0. The van der Waals surface area contributed by atoms with Crippen molar-refractivity contribution in [2.45, 2.75) is 25.8 Å². The van der Waals surface area contributed by atoms with Gasteiger partial charge in [-0.2, -0.15) is 9.61 Å². The molecule has 0 unspecified atom stereocenters. The molecule has 0 amide bonds. The van der Waals surface area contributed by atoms with E-state index in [1.807, 2.05) is 31.2 Å². The summed E-state index contributed by atoms with van der Waals surface area (Å²) in [7, 11) is 0. The number of Topliss-reactive ketones (excluding diaryl/α,β-unsaturated/α-hetero) is 1. The Morgan fingerprint density at radius 1 is 1.08 bits per heavy atom. The molecule has 1 N–H and O–H groups in total. The predicted octanol–water partition coefficient (Wildman–Crippen LogP) is 3.57. The molecule has 3 rings (SSSR count). The van der Waals surface area contributed by atoms with Crippen LogP contribution in [0.15, 0.2) is 52.1 Å². The average molecular weight is 340 g/mol. The summed E-state index contributed by atoms with van der Waals surface area (Å²) in [5.41, 5.74) is 2.68. The second-order valence-corrected chi connectivity index (χ2v) is 6.43. The second-order valence-electron chi connectivity index (χ2n) is 5.40. The van der Waals surface area contributed by atoms with Crippen LogP contribution in [0.25, 0.3) is 17.0 Å². The maximum absolute atomic E-state index is 11.6. The van der Waals surface area contributed by atoms with Crippen molar-refractivity contribution in [3.05, 3.63) is 52.6 Å². The van der Waals surface area contributed by atoms with Gasteiger partial charge in [-0.3, -0.25) is 4.79 Å². The van der Waals surface area contributed by atoms with Crippen molar-refractivity contribution in [2.24, 2.45) is 0 Å². The monoisotopic (exact) mass is 340 g/mol. The molecule has 0 aliphatic carbocycles. The number of carbonyl (C=O) groups excluding carboxylic acids is 1. The number of ketones is 1. The molecule has 0 bridgehead atoms. The molecule has 0 fully saturated rings. The highest BCUT2D eigenvalue weighted by Crippen LogP contribution is 2.28. The molecule has 0 radical (unpaired) electrons. The molecule has 0 atom stereocenters. The van der Waals surface area contributed by atoms with Gasteiger partial charge in [-0.05, 0) is 32.9 Å². The number of fused-ring (bicyclic) bond motifs is 1. The van der Waals surface area contributed by atoms with E-state index in [9.17, 15) is 9.90 Å². The van der Waals surface area contributed by atoms with Crippen molar-refractivity contribution in [3.8, 4) is 11.4 Å². The minimum atomic E-state index is -0.204. The fourth-order valence-electron chi connectivity index (χ4n) is 2.21. The second kappa shape index (κ2) is 6.45. The van der Waals surface area contributed by atoms with E-state index in [-0.39, 0.29) is 16.4 Å². The summed E-state index contributed by atoms with van der Waals surface area (Å²) >= 11 is 1.12. The van der Waals surface area contributed by atoms with E-state index < -0.39 is 0 Å². The Hall–Kier alpha value is -2.67. The molecule has 24 heavy (non-hydrogen) atoms. The summed E-state index contributed by atoms with van der Waals surface area (Å²) in [6.45, 7) is 4.92. The molecule has 0 aliphatic heterocycles. The average Bonchev–Trinajstić information content (AvgIpc) is 2.96. The Balaban J connectivity index is 2.04. The third-order valence-corrected chi connectivity index (χ3v) is 4.62. The third-order valence-electron chi connectivity index (χ3n) is 3.40. The lowest BCUT2D eigenvalue weighted by Crippen LogP contribution is -2.00. The molecule has 7 heteroatoms. The lowest BCUT2D eigenvalue weighted by atomic mass is 10.1. The van der Waals surface area contributed by atoms with Crippen LogP contribution in [0.5, 0.6) is 0 Å². The van der Waals surface area contributed by atoms with Gasteiger partial charge < -0.3 is 5.11 Å². The van der Waals surface area contributed by atoms with Gasteiger partial charge in [0.25, 0.3) is 0 Å². The van der Waals surface area contributed by atoms with Gasteiger partial charge in [0.2, 0.25) is 0 Å². The van der Waals surface area contributed by atoms with Crippen LogP contribution in [0.2, 0.25) is 0 Å². The Bertz CT molecular complexity index is 941. The number of aliphatic hydroxyl groups excluding tert-OH is 1. The molecular weight excluding hydrogens is 324 g/mol. The fourth-order valence-corrected chi connectivity index (χ4v) is 2.97. The molecular formula is C17H16N4O2S. The topological polar surface area (TPSA) is 80.4 Å². The fraction of sp³-hybridized carbons (Fsp3) is 0.176. The van der Waals surface area contributed by atoms with Crippen LogP contribution >= 0.6 is 11.8 Å². The Morgan fingerprint density at radius 2 is 1.79 bits per heavy atom. The molecule has 2 aromatic heterocycles. The molecule has 0 aliphatic rings. The maximum atomic E-state index is 11.6. The Morgan fingerprint density at radius 3 is 2.42 bits per heavy atom. The number of allylic oxidation sites excluding steroid dienone is 2. The van der Waals surface area contributed by atoms with Crippen LogP contribution in [0.3, 0.4) is 0 Å². The van der Waals surface area contributed by atoms with Gasteiger partial charge in [0, 0.05) is 5.56 Å². The maximum Gasteiger partial charge on any atom is 0.185 e. The van der Waals surface area contributed by atoms with E-state index in [1.165, 1.54) is 13.8 Å². The molecule has 122 valence electrons. The lowest BCUT2D eigenvalue weighted by molar-refractivity contribution is -0.113. The Kier molecular flexibility index (Phi) is 4.35. The molecule has 0 saturated heterocycles. The zero-order valence-corrected chi connectivity index (χ0v) is 14.3. The number of hydrogen-bond acceptors (Lipinski definition) is 6. The van der Waals surface area contributed by atoms with Crippen LogP contribution in [0, 0.1) is 6.92 Å². The van der Waals surface area contributed by atoms with Crippen molar-refractivity contribution in [1.82, 2.24) is 19.8 Å². The number of hydrogen-bond donors (Lipinski definition) is 1. The van der Waals surface area contributed by atoms with Gasteiger partial charge in [-0.1, -0.05) is 41.6 Å². The first-order valence-corrected chi connectivity index (χ1v) is 8.15. The minimum absolute atomic E-state index is 0.0167. The number of rotatable bonds is 4. The van der Waals surface area contributed by atoms with Crippen LogP contribution in [-0.4, -0.2) is 30.7 Å². The van der Waals surface area contributed by atoms with Crippen molar-refractivity contribution >= 4 is 23.2 Å². The van der Waals surface area contributed by atoms with Gasteiger partial charge in [0.1, 0.15) is 10.8 Å². The van der Waals surface area contributed by atoms with Crippen LogP contribution in [0.4, 0.5) is 0 Å². The number of aromatic nitrogens is 4. The van der Waals surface area contributed by atoms with E-state index in [4.69, 9.17) is 0 Å². The molecule has 0 spiro atoms. The van der Waals surface area contributed by atoms with Gasteiger partial charge >= 0.3 is 0 Å². The van der Waals surface area contributed by atoms with E-state index in [0.717, 1.165) is 22.9 Å². The van der Waals surface area contributed by atoms with Crippen molar-refractivity contribution in [3.63, 3.8) is 0 Å². The molecule has 2 heterocycles. The normalized spacial score (nSPS) is 12.3. The first-order chi connectivity index (χ1) is 11.5. The van der Waals surface area contributed by atoms with E-state index in [0.29, 0.717) is 16.5 Å². The van der Waals surface area contributed by atoms with Crippen molar-refractivity contribution in [1.29, 1.82) is 0 Å². The minimum Gasteiger partial charge on any atom is -0.511 e. The lowest BCUT2D eigenvalue weighted by Gasteiger charge is -2.05. The largest absolute Gasteiger partial charge is 0.511 e. The SMILES string of the molecule is CC(=O)/C(Sc1ccc2nnc(-c3ccc(C)cc3)n2n1)=C(/C)O. The third kappa shape index (κ3) is 3.16. The predicted molar refractivity (Wildman–Crippen MR) is 92.8 cm³/mol. The van der Waals surface area contributed by atoms with Crippen LogP contribution < -0.4 is 0 Å². The zero-order valence-electron chi connectivity index (χ0n) is 13.5. The van der Waals surface area contributed by atoms with Crippen LogP contribution in [-0.2, 0) is 4.79 Å². The molecule has 0 saturated carbocycles. The number of carbonyl (C=O) groups is 1.